The number of hydrogen-bond donors (Lipinski definition) is 2. The highest BCUT2D eigenvalue weighted by Gasteiger charge is 2.33. The number of aliphatic hydroxyl groups excluding tert-OH is 1. The topological polar surface area (TPSA) is 84.6 Å². The smallest absolute Gasteiger partial charge is 0.407 e. The maximum atomic E-state index is 10.5. The van der Waals surface area contributed by atoms with Crippen LogP contribution in [0.4, 0.5) is 4.79 Å². The Bertz CT molecular complexity index is 223. The highest BCUT2D eigenvalue weighted by molar-refractivity contribution is 5.66. The molecule has 1 heterocycles. The first-order valence-electron chi connectivity index (χ1n) is 3.74. The van der Waals surface area contributed by atoms with Crippen LogP contribution in [0.3, 0.4) is 0 Å². The van der Waals surface area contributed by atoms with Crippen molar-refractivity contribution >= 4 is 6.09 Å². The summed E-state index contributed by atoms with van der Waals surface area (Å²) in [5.41, 5.74) is 0. The van der Waals surface area contributed by atoms with Gasteiger partial charge in [0.25, 0.3) is 0 Å². The van der Waals surface area contributed by atoms with E-state index in [-0.39, 0.29) is 0 Å². The van der Waals surface area contributed by atoms with E-state index in [1.54, 1.807) is 6.07 Å². The Morgan fingerprint density at radius 1 is 1.75 bits per heavy atom. The van der Waals surface area contributed by atoms with Crippen molar-refractivity contribution in [3.8, 4) is 6.07 Å². The van der Waals surface area contributed by atoms with Crippen LogP contribution in [0.1, 0.15) is 12.8 Å². The number of likely N-dealkylation sites (tertiary alicyclic amines) is 1. The summed E-state index contributed by atoms with van der Waals surface area (Å²) in [7, 11) is 0. The van der Waals surface area contributed by atoms with Crippen molar-refractivity contribution in [1.29, 1.82) is 5.26 Å². The minimum absolute atomic E-state index is 0.415. The van der Waals surface area contributed by atoms with Gasteiger partial charge in [0.2, 0.25) is 0 Å². The standard InChI is InChI=1S/C7H10N2O3/c8-4-6(10)5-2-1-3-9(5)7(11)12/h5-6,10H,1-3H2,(H,11,12)/t5-,6+/m0/s1. The summed E-state index contributed by atoms with van der Waals surface area (Å²) in [6.45, 7) is 0.415. The van der Waals surface area contributed by atoms with Crippen molar-refractivity contribution in [3.05, 3.63) is 0 Å². The monoisotopic (exact) mass is 170 g/mol. The summed E-state index contributed by atoms with van der Waals surface area (Å²) >= 11 is 0. The van der Waals surface area contributed by atoms with Gasteiger partial charge in [0.15, 0.2) is 6.10 Å². The molecule has 0 unspecified atom stereocenters. The van der Waals surface area contributed by atoms with E-state index in [0.29, 0.717) is 13.0 Å². The van der Waals surface area contributed by atoms with Gasteiger partial charge >= 0.3 is 6.09 Å². The summed E-state index contributed by atoms with van der Waals surface area (Å²) in [5.74, 6) is 0. The van der Waals surface area contributed by atoms with Gasteiger partial charge in [-0.1, -0.05) is 0 Å². The Morgan fingerprint density at radius 2 is 2.42 bits per heavy atom. The van der Waals surface area contributed by atoms with Gasteiger partial charge in [0.1, 0.15) is 0 Å². The van der Waals surface area contributed by atoms with Gasteiger partial charge < -0.3 is 15.1 Å². The van der Waals surface area contributed by atoms with Crippen LogP contribution >= 0.6 is 0 Å². The molecule has 0 aromatic carbocycles. The molecule has 0 bridgehead atoms. The molecule has 12 heavy (non-hydrogen) atoms. The number of carbonyl (C=O) groups is 1. The van der Waals surface area contributed by atoms with E-state index in [0.717, 1.165) is 11.3 Å². The first kappa shape index (κ1) is 8.81. The lowest BCUT2D eigenvalue weighted by atomic mass is 10.1. The summed E-state index contributed by atoms with van der Waals surface area (Å²) in [6, 6.07) is 1.11. The van der Waals surface area contributed by atoms with Gasteiger partial charge in [-0.2, -0.15) is 5.26 Å². The van der Waals surface area contributed by atoms with Gasteiger partial charge in [-0.15, -0.1) is 0 Å². The number of aliphatic hydroxyl groups is 1. The average Bonchev–Trinajstić information content (AvgIpc) is 2.50. The lowest BCUT2D eigenvalue weighted by Crippen LogP contribution is -2.41. The largest absolute Gasteiger partial charge is 0.465 e. The molecule has 0 saturated carbocycles. The third kappa shape index (κ3) is 1.48. The molecular weight excluding hydrogens is 160 g/mol. The summed E-state index contributed by atoms with van der Waals surface area (Å²) in [5, 5.41) is 26.1. The molecule has 1 fully saturated rings. The van der Waals surface area contributed by atoms with Crippen molar-refractivity contribution in [1.82, 2.24) is 4.90 Å². The fraction of sp³-hybridized carbons (Fsp3) is 0.714. The van der Waals surface area contributed by atoms with Crippen molar-refractivity contribution in [2.24, 2.45) is 0 Å². The van der Waals surface area contributed by atoms with Gasteiger partial charge in [-0.05, 0) is 12.8 Å². The number of rotatable bonds is 1. The zero-order valence-electron chi connectivity index (χ0n) is 6.47. The number of hydrogen-bond acceptors (Lipinski definition) is 3. The number of carboxylic acid groups (broad SMARTS) is 1. The van der Waals surface area contributed by atoms with Crippen LogP contribution in [0.2, 0.25) is 0 Å². The second-order valence-electron chi connectivity index (χ2n) is 2.76. The lowest BCUT2D eigenvalue weighted by molar-refractivity contribution is 0.0948. The highest BCUT2D eigenvalue weighted by atomic mass is 16.4. The maximum absolute atomic E-state index is 10.5. The molecule has 5 heteroatoms. The van der Waals surface area contributed by atoms with Crippen LogP contribution in [0, 0.1) is 11.3 Å². The molecule has 0 aromatic heterocycles. The number of nitrogens with zero attached hydrogens (tertiary/aromatic N) is 2. The van der Waals surface area contributed by atoms with Gasteiger partial charge in [-0.25, -0.2) is 4.79 Å². The van der Waals surface area contributed by atoms with Crippen molar-refractivity contribution in [2.75, 3.05) is 6.54 Å². The molecule has 0 radical (unpaired) electrons. The predicted octanol–water partition coefficient (Wildman–Crippen LogP) is 0.0133. The molecule has 1 aliphatic heterocycles. The molecule has 1 amide bonds. The molecule has 0 spiro atoms. The van der Waals surface area contributed by atoms with E-state index >= 15 is 0 Å². The second-order valence-corrected chi connectivity index (χ2v) is 2.76. The number of nitriles is 1. The average molecular weight is 170 g/mol. The Kier molecular flexibility index (Phi) is 2.51. The minimum atomic E-state index is -1.19. The SMILES string of the molecule is N#C[C@@H](O)[C@@H]1CCCN1C(=O)O. The van der Waals surface area contributed by atoms with E-state index in [4.69, 9.17) is 15.5 Å². The van der Waals surface area contributed by atoms with E-state index in [1.807, 2.05) is 0 Å². The van der Waals surface area contributed by atoms with Crippen LogP contribution in [-0.2, 0) is 0 Å². The molecular formula is C7H10N2O3. The summed E-state index contributed by atoms with van der Waals surface area (Å²) in [4.78, 5) is 11.7. The molecule has 0 aromatic rings. The molecule has 1 aliphatic rings. The summed E-state index contributed by atoms with van der Waals surface area (Å²) in [6.07, 6.45) is -0.966. The van der Waals surface area contributed by atoms with Gasteiger partial charge in [0.05, 0.1) is 12.1 Å². The fourth-order valence-electron chi connectivity index (χ4n) is 1.44. The van der Waals surface area contributed by atoms with Gasteiger partial charge in [0, 0.05) is 6.54 Å². The van der Waals surface area contributed by atoms with E-state index < -0.39 is 18.2 Å². The van der Waals surface area contributed by atoms with Crippen LogP contribution in [-0.4, -0.2) is 39.9 Å². The third-order valence-corrected chi connectivity index (χ3v) is 2.04. The molecule has 2 N–H and O–H groups in total. The highest BCUT2D eigenvalue weighted by Crippen LogP contribution is 2.19. The van der Waals surface area contributed by atoms with Crippen LogP contribution < -0.4 is 0 Å². The Morgan fingerprint density at radius 3 is 2.92 bits per heavy atom. The predicted molar refractivity (Wildman–Crippen MR) is 39.4 cm³/mol. The zero-order chi connectivity index (χ0) is 9.14. The van der Waals surface area contributed by atoms with E-state index in [1.165, 1.54) is 0 Å². The molecule has 0 aliphatic carbocycles. The van der Waals surface area contributed by atoms with Crippen molar-refractivity contribution in [3.63, 3.8) is 0 Å². The van der Waals surface area contributed by atoms with Crippen LogP contribution in [0.25, 0.3) is 0 Å². The Hall–Kier alpha value is -1.28. The minimum Gasteiger partial charge on any atom is -0.465 e. The maximum Gasteiger partial charge on any atom is 0.407 e. The van der Waals surface area contributed by atoms with Crippen molar-refractivity contribution < 1.29 is 15.0 Å². The summed E-state index contributed by atoms with van der Waals surface area (Å²) < 4.78 is 0. The molecule has 2 atom stereocenters. The number of amides is 1. The van der Waals surface area contributed by atoms with E-state index in [9.17, 15) is 4.79 Å². The molecule has 1 saturated heterocycles. The Labute approximate surface area is 69.8 Å². The normalized spacial score (nSPS) is 25.0. The third-order valence-electron chi connectivity index (χ3n) is 2.04. The first-order chi connectivity index (χ1) is 5.66. The second kappa shape index (κ2) is 3.41. The van der Waals surface area contributed by atoms with Crippen molar-refractivity contribution in [2.45, 2.75) is 25.0 Å². The lowest BCUT2D eigenvalue weighted by Gasteiger charge is -2.21. The van der Waals surface area contributed by atoms with Crippen LogP contribution in [0.5, 0.6) is 0 Å². The van der Waals surface area contributed by atoms with Crippen LogP contribution in [0.15, 0.2) is 0 Å². The quantitative estimate of drug-likeness (QED) is 0.543. The fourth-order valence-corrected chi connectivity index (χ4v) is 1.44. The molecule has 1 rings (SSSR count). The van der Waals surface area contributed by atoms with Gasteiger partial charge in [-0.3, -0.25) is 0 Å². The first-order valence-corrected chi connectivity index (χ1v) is 3.74. The Balaban J connectivity index is 2.65. The molecule has 66 valence electrons. The zero-order valence-corrected chi connectivity index (χ0v) is 6.47. The van der Waals surface area contributed by atoms with E-state index in [2.05, 4.69) is 0 Å². The molecule has 5 nitrogen and oxygen atoms in total.